The number of anilines is 1. The summed E-state index contributed by atoms with van der Waals surface area (Å²) in [5, 5.41) is 14.2. The maximum absolute atomic E-state index is 9.37. The molecule has 142 valence electrons. The van der Waals surface area contributed by atoms with E-state index in [0.29, 0.717) is 11.0 Å². The molecule has 4 aromatic rings. The lowest BCUT2D eigenvalue weighted by molar-refractivity contribution is 0.475. The number of hydrogen-bond acceptors (Lipinski definition) is 5. The van der Waals surface area contributed by atoms with Crippen molar-refractivity contribution in [3.8, 4) is 28.3 Å². The number of rotatable bonds is 5. The number of hydrogen-bond donors (Lipinski definition) is 2. The fourth-order valence-electron chi connectivity index (χ4n) is 2.77. The van der Waals surface area contributed by atoms with Gasteiger partial charge in [0.1, 0.15) is 5.75 Å². The topological polar surface area (TPSA) is 70.4 Å². The minimum Gasteiger partial charge on any atom is -0.508 e. The van der Waals surface area contributed by atoms with Crippen molar-refractivity contribution in [3.63, 3.8) is 0 Å². The summed E-state index contributed by atoms with van der Waals surface area (Å²) in [6.07, 6.45) is 1.64. The van der Waals surface area contributed by atoms with Gasteiger partial charge in [-0.05, 0) is 48.0 Å². The molecule has 0 unspecified atom stereocenters. The van der Waals surface area contributed by atoms with Crippen molar-refractivity contribution in [1.29, 1.82) is 0 Å². The third-order valence-corrected chi connectivity index (χ3v) is 4.42. The average Bonchev–Trinajstić information content (AvgIpc) is 2.76. The molecule has 0 aliphatic heterocycles. The first-order valence-electron chi connectivity index (χ1n) is 8.96. The van der Waals surface area contributed by atoms with Crippen LogP contribution in [0.15, 0.2) is 90.0 Å². The van der Waals surface area contributed by atoms with Gasteiger partial charge in [-0.25, -0.2) is 15.4 Å². The van der Waals surface area contributed by atoms with Gasteiger partial charge < -0.3 is 5.11 Å². The zero-order valence-corrected chi connectivity index (χ0v) is 16.1. The Labute approximate surface area is 173 Å². The predicted molar refractivity (Wildman–Crippen MR) is 117 cm³/mol. The molecule has 0 saturated heterocycles. The maximum Gasteiger partial charge on any atom is 0.244 e. The van der Waals surface area contributed by atoms with Gasteiger partial charge in [-0.1, -0.05) is 54.1 Å². The Morgan fingerprint density at radius 1 is 0.793 bits per heavy atom. The highest BCUT2D eigenvalue weighted by Crippen LogP contribution is 2.26. The number of nitrogens with zero attached hydrogens (tertiary/aromatic N) is 3. The summed E-state index contributed by atoms with van der Waals surface area (Å²) < 4.78 is 0. The Morgan fingerprint density at radius 2 is 1.48 bits per heavy atom. The quantitative estimate of drug-likeness (QED) is 0.337. The Bertz CT molecular complexity index is 1150. The molecular formula is C23H17ClN4O. The van der Waals surface area contributed by atoms with Crippen molar-refractivity contribution in [3.05, 3.63) is 95.5 Å². The highest BCUT2D eigenvalue weighted by Gasteiger charge is 2.09. The van der Waals surface area contributed by atoms with E-state index < -0.39 is 0 Å². The first-order chi connectivity index (χ1) is 14.2. The van der Waals surface area contributed by atoms with Gasteiger partial charge in [0.15, 0.2) is 0 Å². The molecule has 0 fully saturated rings. The molecular weight excluding hydrogens is 384 g/mol. The van der Waals surface area contributed by atoms with Gasteiger partial charge >= 0.3 is 0 Å². The van der Waals surface area contributed by atoms with Crippen molar-refractivity contribution in [1.82, 2.24) is 9.97 Å². The molecule has 0 amide bonds. The van der Waals surface area contributed by atoms with E-state index in [1.165, 1.54) is 0 Å². The zero-order valence-electron chi connectivity index (χ0n) is 15.3. The SMILES string of the molecule is Oc1ccc(/C=N/Nc2nc(-c3ccccc3)cc(-c3cccc(Cl)c3)n2)cc1. The lowest BCUT2D eigenvalue weighted by Gasteiger charge is -2.08. The molecule has 0 bridgehead atoms. The number of aromatic nitrogens is 2. The van der Waals surface area contributed by atoms with E-state index in [4.69, 9.17) is 11.6 Å². The second kappa shape index (κ2) is 8.54. The van der Waals surface area contributed by atoms with Crippen LogP contribution in [-0.4, -0.2) is 21.3 Å². The zero-order chi connectivity index (χ0) is 20.1. The largest absolute Gasteiger partial charge is 0.508 e. The molecule has 0 atom stereocenters. The van der Waals surface area contributed by atoms with Gasteiger partial charge in [0, 0.05) is 16.1 Å². The summed E-state index contributed by atoms with van der Waals surface area (Å²) in [4.78, 5) is 9.17. The van der Waals surface area contributed by atoms with Crippen molar-refractivity contribution in [2.45, 2.75) is 0 Å². The molecule has 2 N–H and O–H groups in total. The average molecular weight is 401 g/mol. The number of phenolic OH excluding ortho intramolecular Hbond substituents is 1. The van der Waals surface area contributed by atoms with Crippen LogP contribution in [-0.2, 0) is 0 Å². The van der Waals surface area contributed by atoms with Gasteiger partial charge in [0.2, 0.25) is 5.95 Å². The van der Waals surface area contributed by atoms with Crippen LogP contribution >= 0.6 is 11.6 Å². The van der Waals surface area contributed by atoms with E-state index in [9.17, 15) is 5.11 Å². The number of aromatic hydroxyl groups is 1. The fourth-order valence-corrected chi connectivity index (χ4v) is 2.96. The highest BCUT2D eigenvalue weighted by atomic mass is 35.5. The minimum absolute atomic E-state index is 0.208. The molecule has 0 aliphatic carbocycles. The van der Waals surface area contributed by atoms with Crippen LogP contribution in [0.25, 0.3) is 22.5 Å². The normalized spacial score (nSPS) is 10.9. The van der Waals surface area contributed by atoms with Crippen molar-refractivity contribution < 1.29 is 5.11 Å². The summed E-state index contributed by atoms with van der Waals surface area (Å²) in [6, 6.07) is 26.1. The number of halogens is 1. The summed E-state index contributed by atoms with van der Waals surface area (Å²) in [5.74, 6) is 0.580. The molecule has 5 nitrogen and oxygen atoms in total. The Balaban J connectivity index is 1.68. The third kappa shape index (κ3) is 4.78. The van der Waals surface area contributed by atoms with Crippen molar-refractivity contribution in [2.24, 2.45) is 5.10 Å². The van der Waals surface area contributed by atoms with Gasteiger partial charge in [0.25, 0.3) is 0 Å². The lowest BCUT2D eigenvalue weighted by atomic mass is 10.1. The number of benzene rings is 3. The number of nitrogens with one attached hydrogen (secondary N) is 1. The van der Waals surface area contributed by atoms with Gasteiger partial charge in [0.05, 0.1) is 17.6 Å². The summed E-state index contributed by atoms with van der Waals surface area (Å²) >= 11 is 6.15. The van der Waals surface area contributed by atoms with Crippen LogP contribution in [0.4, 0.5) is 5.95 Å². The smallest absolute Gasteiger partial charge is 0.244 e. The molecule has 4 rings (SSSR count). The second-order valence-electron chi connectivity index (χ2n) is 6.30. The molecule has 3 aromatic carbocycles. The summed E-state index contributed by atoms with van der Waals surface area (Å²) in [5.41, 5.74) is 7.11. The third-order valence-electron chi connectivity index (χ3n) is 4.19. The summed E-state index contributed by atoms with van der Waals surface area (Å²) in [7, 11) is 0. The van der Waals surface area contributed by atoms with Gasteiger partial charge in [-0.3, -0.25) is 0 Å². The first kappa shape index (κ1) is 18.7. The Morgan fingerprint density at radius 3 is 2.21 bits per heavy atom. The van der Waals surface area contributed by atoms with Crippen molar-refractivity contribution in [2.75, 3.05) is 5.43 Å². The van der Waals surface area contributed by atoms with Crippen molar-refractivity contribution >= 4 is 23.8 Å². The van der Waals surface area contributed by atoms with Gasteiger partial charge in [-0.15, -0.1) is 0 Å². The molecule has 6 heteroatoms. The minimum atomic E-state index is 0.208. The van der Waals surface area contributed by atoms with E-state index >= 15 is 0 Å². The molecule has 29 heavy (non-hydrogen) atoms. The predicted octanol–water partition coefficient (Wildman–Crippen LogP) is 5.62. The molecule has 1 aromatic heterocycles. The monoisotopic (exact) mass is 400 g/mol. The van der Waals surface area contributed by atoms with Gasteiger partial charge in [-0.2, -0.15) is 5.10 Å². The van der Waals surface area contributed by atoms with E-state index in [1.54, 1.807) is 30.5 Å². The lowest BCUT2D eigenvalue weighted by Crippen LogP contribution is -2.00. The molecule has 0 saturated carbocycles. The van der Waals surface area contributed by atoms with Crippen LogP contribution in [0.5, 0.6) is 5.75 Å². The van der Waals surface area contributed by atoms with Crippen LogP contribution < -0.4 is 5.43 Å². The van der Waals surface area contributed by atoms with Crippen LogP contribution in [0.1, 0.15) is 5.56 Å². The first-order valence-corrected chi connectivity index (χ1v) is 9.34. The van der Waals surface area contributed by atoms with E-state index in [1.807, 2.05) is 60.7 Å². The van der Waals surface area contributed by atoms with Crippen LogP contribution in [0.3, 0.4) is 0 Å². The number of phenols is 1. The van der Waals surface area contributed by atoms with E-state index in [0.717, 1.165) is 28.1 Å². The molecule has 0 spiro atoms. The highest BCUT2D eigenvalue weighted by molar-refractivity contribution is 6.30. The standard InChI is InChI=1S/C23H17ClN4O/c24-19-8-4-7-18(13-19)22-14-21(17-5-2-1-3-6-17)26-23(27-22)28-25-15-16-9-11-20(29)12-10-16/h1-15,29H,(H,26,27,28)/b25-15+. The molecule has 0 radical (unpaired) electrons. The molecule has 1 heterocycles. The Kier molecular flexibility index (Phi) is 5.49. The maximum atomic E-state index is 9.37. The number of hydrazone groups is 1. The molecule has 0 aliphatic rings. The summed E-state index contributed by atoms with van der Waals surface area (Å²) in [6.45, 7) is 0. The fraction of sp³-hybridized carbons (Fsp3) is 0. The Hall–Kier alpha value is -3.70. The van der Waals surface area contributed by atoms with E-state index in [-0.39, 0.29) is 5.75 Å². The van der Waals surface area contributed by atoms with Crippen LogP contribution in [0.2, 0.25) is 5.02 Å². The van der Waals surface area contributed by atoms with E-state index in [2.05, 4.69) is 20.5 Å². The second-order valence-corrected chi connectivity index (χ2v) is 6.74. The van der Waals surface area contributed by atoms with Crippen LogP contribution in [0, 0.1) is 0 Å².